The van der Waals surface area contributed by atoms with E-state index in [0.29, 0.717) is 35.9 Å². The van der Waals surface area contributed by atoms with Crippen molar-refractivity contribution in [1.29, 1.82) is 0 Å². The Bertz CT molecular complexity index is 2130. The molecule has 4 N–H and O–H groups in total. The van der Waals surface area contributed by atoms with Crippen molar-refractivity contribution in [2.24, 2.45) is 5.92 Å². The van der Waals surface area contributed by atoms with Crippen LogP contribution in [0.3, 0.4) is 0 Å². The standard InChI is InChI=1S/2C19H21FN2O2S/c1-12-11-21-8-7-16-17-10-15(5-6-18(17)22-19(12)16)25(23,24)14-4-2-3-13(20)9-14;1-12-9-19-16(7-8-21-12)17-11-15(5-6-18(17)22-19)25(23,24)14-4-2-3-13(20)10-14/h2-6,9-10,12,16,19,21-22H,7-8,11H2,1H3;2-6,10-12,16,19,21-22H,7-9H2,1H3/t12?,16-,19-;12?,16-,19+/m00/s1. The molecule has 0 aromatic heterocycles. The topological polar surface area (TPSA) is 116 Å². The maximum Gasteiger partial charge on any atom is 0.206 e. The average molecular weight is 721 g/mol. The lowest BCUT2D eigenvalue weighted by Crippen LogP contribution is -2.31. The minimum atomic E-state index is -3.73. The van der Waals surface area contributed by atoms with Crippen molar-refractivity contribution in [2.75, 3.05) is 30.3 Å². The van der Waals surface area contributed by atoms with Gasteiger partial charge < -0.3 is 21.3 Å². The first kappa shape index (κ1) is 34.6. The van der Waals surface area contributed by atoms with Crippen LogP contribution in [0, 0.1) is 17.6 Å². The van der Waals surface area contributed by atoms with Crippen molar-refractivity contribution >= 4 is 31.0 Å². The molecule has 0 radical (unpaired) electrons. The molecule has 50 heavy (non-hydrogen) atoms. The van der Waals surface area contributed by atoms with E-state index in [1.165, 1.54) is 36.4 Å². The second kappa shape index (κ2) is 13.7. The van der Waals surface area contributed by atoms with Gasteiger partial charge in [0.2, 0.25) is 19.7 Å². The zero-order chi connectivity index (χ0) is 35.2. The molecule has 2 unspecified atom stereocenters. The summed E-state index contributed by atoms with van der Waals surface area (Å²) in [4.78, 5) is 0.436. The Kier molecular flexibility index (Phi) is 9.48. The van der Waals surface area contributed by atoms with Gasteiger partial charge in [-0.3, -0.25) is 0 Å². The summed E-state index contributed by atoms with van der Waals surface area (Å²) >= 11 is 0. The van der Waals surface area contributed by atoms with Crippen molar-refractivity contribution in [2.45, 2.75) is 82.7 Å². The smallest absolute Gasteiger partial charge is 0.206 e. The third-order valence-electron chi connectivity index (χ3n) is 10.5. The molecule has 0 amide bonds. The Balaban J connectivity index is 0.000000157. The van der Waals surface area contributed by atoms with E-state index in [2.05, 4.69) is 35.1 Å². The van der Waals surface area contributed by atoms with Gasteiger partial charge in [0, 0.05) is 41.3 Å². The minimum Gasteiger partial charge on any atom is -0.381 e. The lowest BCUT2D eigenvalue weighted by Gasteiger charge is -2.22. The molecule has 0 aliphatic carbocycles. The number of nitrogens with one attached hydrogen (secondary N) is 4. The van der Waals surface area contributed by atoms with E-state index in [9.17, 15) is 25.6 Å². The highest BCUT2D eigenvalue weighted by atomic mass is 32.2. The molecule has 8 nitrogen and oxygen atoms in total. The molecule has 2 fully saturated rings. The fourth-order valence-corrected chi connectivity index (χ4v) is 10.6. The van der Waals surface area contributed by atoms with Crippen molar-refractivity contribution in [1.82, 2.24) is 10.6 Å². The molecule has 4 aliphatic heterocycles. The number of fused-ring (bicyclic) bond motifs is 6. The Morgan fingerprint density at radius 2 is 1.18 bits per heavy atom. The van der Waals surface area contributed by atoms with E-state index >= 15 is 0 Å². The molecule has 12 heteroatoms. The Morgan fingerprint density at radius 3 is 1.78 bits per heavy atom. The summed E-state index contributed by atoms with van der Waals surface area (Å²) in [7, 11) is -7.45. The molecule has 264 valence electrons. The second-order valence-corrected chi connectivity index (χ2v) is 17.8. The van der Waals surface area contributed by atoms with Crippen molar-refractivity contribution in [3.63, 3.8) is 0 Å². The number of halogens is 2. The van der Waals surface area contributed by atoms with Gasteiger partial charge in [0.05, 0.1) is 19.6 Å². The molecule has 0 bridgehead atoms. The van der Waals surface area contributed by atoms with Crippen molar-refractivity contribution in [3.05, 3.63) is 108 Å². The maximum absolute atomic E-state index is 13.5. The summed E-state index contributed by atoms with van der Waals surface area (Å²) in [6, 6.07) is 21.9. The first-order valence-corrected chi connectivity index (χ1v) is 20.1. The molecule has 0 spiro atoms. The average Bonchev–Trinajstić information content (AvgIpc) is 3.49. The van der Waals surface area contributed by atoms with Gasteiger partial charge in [-0.15, -0.1) is 0 Å². The van der Waals surface area contributed by atoms with Crippen molar-refractivity contribution in [3.8, 4) is 0 Å². The first-order valence-electron chi connectivity index (χ1n) is 17.2. The van der Waals surface area contributed by atoms with Crippen LogP contribution < -0.4 is 21.3 Å². The first-order chi connectivity index (χ1) is 23.9. The third kappa shape index (κ3) is 6.66. The van der Waals surface area contributed by atoms with Gasteiger partial charge in [0.1, 0.15) is 11.6 Å². The van der Waals surface area contributed by atoms with Gasteiger partial charge in [-0.1, -0.05) is 19.1 Å². The largest absolute Gasteiger partial charge is 0.381 e. The number of hydrogen-bond donors (Lipinski definition) is 4. The second-order valence-electron chi connectivity index (χ2n) is 13.9. The highest BCUT2D eigenvalue weighted by molar-refractivity contribution is 7.91. The molecule has 8 rings (SSSR count). The quantitative estimate of drug-likeness (QED) is 0.190. The maximum atomic E-state index is 13.5. The van der Waals surface area contributed by atoms with Crippen LogP contribution >= 0.6 is 0 Å². The fraction of sp³-hybridized carbons (Fsp3) is 0.368. The molecular weight excluding hydrogens is 679 g/mol. The number of sulfone groups is 2. The van der Waals surface area contributed by atoms with E-state index in [0.717, 1.165) is 73.5 Å². The number of hydrogen-bond acceptors (Lipinski definition) is 8. The molecule has 4 aromatic rings. The van der Waals surface area contributed by atoms with Crippen LogP contribution in [-0.2, 0) is 19.7 Å². The summed E-state index contributed by atoms with van der Waals surface area (Å²) < 4.78 is 78.4. The Morgan fingerprint density at radius 1 is 0.640 bits per heavy atom. The van der Waals surface area contributed by atoms with E-state index < -0.39 is 31.3 Å². The SMILES string of the molecule is CC1CNCC[C@H]2c3cc(S(=O)(=O)c4cccc(F)c4)ccc3N[C@@H]12.CC1C[C@H]2Nc3ccc(S(=O)(=O)c4cccc(F)c4)cc3[C@@H]2CCN1. The third-order valence-corrected chi connectivity index (χ3v) is 14.0. The number of rotatable bonds is 4. The van der Waals surface area contributed by atoms with E-state index in [1.807, 2.05) is 12.1 Å². The zero-order valence-electron chi connectivity index (χ0n) is 28.0. The molecule has 6 atom stereocenters. The van der Waals surface area contributed by atoms with E-state index in [4.69, 9.17) is 0 Å². The normalized spacial score (nSPS) is 25.6. The van der Waals surface area contributed by atoms with Crippen LogP contribution in [0.4, 0.5) is 20.2 Å². The zero-order valence-corrected chi connectivity index (χ0v) is 29.6. The summed E-state index contributed by atoms with van der Waals surface area (Å²) in [5.41, 5.74) is 4.14. The Hall–Kier alpha value is -3.84. The van der Waals surface area contributed by atoms with Crippen LogP contribution in [0.5, 0.6) is 0 Å². The lowest BCUT2D eigenvalue weighted by atomic mass is 9.87. The van der Waals surface area contributed by atoms with Crippen LogP contribution in [0.15, 0.2) is 105 Å². The van der Waals surface area contributed by atoms with Crippen LogP contribution in [0.2, 0.25) is 0 Å². The highest BCUT2D eigenvalue weighted by Gasteiger charge is 2.38. The summed E-state index contributed by atoms with van der Waals surface area (Å²) in [6.45, 7) is 7.18. The predicted molar refractivity (Wildman–Crippen MR) is 190 cm³/mol. The summed E-state index contributed by atoms with van der Waals surface area (Å²) in [6.07, 6.45) is 2.95. The van der Waals surface area contributed by atoms with Crippen LogP contribution in [-0.4, -0.2) is 54.6 Å². The Labute approximate surface area is 292 Å². The van der Waals surface area contributed by atoms with Gasteiger partial charge in [-0.05, 0) is 136 Å². The molecule has 4 aliphatic rings. The van der Waals surface area contributed by atoms with Gasteiger partial charge in [-0.25, -0.2) is 25.6 Å². The molecular formula is C38H42F2N4O4S2. The summed E-state index contributed by atoms with van der Waals surface area (Å²) in [5.74, 6) is -0.0404. The minimum absolute atomic E-state index is 0.00823. The van der Waals surface area contributed by atoms with Crippen molar-refractivity contribution < 1.29 is 25.6 Å². The van der Waals surface area contributed by atoms with Gasteiger partial charge in [0.15, 0.2) is 0 Å². The molecule has 4 heterocycles. The summed E-state index contributed by atoms with van der Waals surface area (Å²) in [5, 5.41) is 14.0. The predicted octanol–water partition coefficient (Wildman–Crippen LogP) is 6.47. The van der Waals surface area contributed by atoms with Crippen LogP contribution in [0.25, 0.3) is 0 Å². The lowest BCUT2D eigenvalue weighted by molar-refractivity contribution is 0.454. The monoisotopic (exact) mass is 720 g/mol. The number of benzene rings is 4. The van der Waals surface area contributed by atoms with Crippen LogP contribution in [0.1, 0.15) is 56.1 Å². The van der Waals surface area contributed by atoms with Gasteiger partial charge in [0.25, 0.3) is 0 Å². The molecule has 2 saturated heterocycles. The van der Waals surface area contributed by atoms with Gasteiger partial charge >= 0.3 is 0 Å². The molecule has 4 aromatic carbocycles. The van der Waals surface area contributed by atoms with E-state index in [1.54, 1.807) is 24.3 Å². The highest BCUT2D eigenvalue weighted by Crippen LogP contribution is 2.44. The molecule has 0 saturated carbocycles. The van der Waals surface area contributed by atoms with E-state index in [-0.39, 0.29) is 19.6 Å². The number of anilines is 2. The van der Waals surface area contributed by atoms with Gasteiger partial charge in [-0.2, -0.15) is 0 Å². The fourth-order valence-electron chi connectivity index (χ4n) is 7.94.